The number of rotatable bonds is 2. The minimum atomic E-state index is -0.515. The van der Waals surface area contributed by atoms with E-state index in [1.165, 1.54) is 0 Å². The summed E-state index contributed by atoms with van der Waals surface area (Å²) in [5.74, 6) is 0.0604. The molecule has 1 fully saturated rings. The number of pyridine rings is 1. The summed E-state index contributed by atoms with van der Waals surface area (Å²) < 4.78 is 5.48. The summed E-state index contributed by atoms with van der Waals surface area (Å²) in [5, 5.41) is 0.921. The maximum Gasteiger partial charge on any atom is 0.410 e. The monoisotopic (exact) mass is 357 g/mol. The predicted molar refractivity (Wildman–Crippen MR) is 100 cm³/mol. The average molecular weight is 357 g/mol. The molecule has 2 atom stereocenters. The number of aromatic nitrogens is 2. The smallest absolute Gasteiger partial charge is 0.410 e. The van der Waals surface area contributed by atoms with Crippen LogP contribution in [0.5, 0.6) is 0 Å². The number of ketones is 1. The molecule has 3 rings (SSSR count). The Hall–Kier alpha value is -2.37. The van der Waals surface area contributed by atoms with E-state index in [9.17, 15) is 9.59 Å². The highest BCUT2D eigenvalue weighted by atomic mass is 16.6. The summed E-state index contributed by atoms with van der Waals surface area (Å²) in [6.07, 6.45) is 4.45. The molecule has 1 N–H and O–H groups in total. The van der Waals surface area contributed by atoms with E-state index in [1.54, 1.807) is 17.3 Å². The number of carbonyl (C=O) groups is 2. The van der Waals surface area contributed by atoms with Gasteiger partial charge in [0.05, 0.1) is 11.7 Å². The lowest BCUT2D eigenvalue weighted by Gasteiger charge is -2.37. The van der Waals surface area contributed by atoms with E-state index in [0.29, 0.717) is 19.4 Å². The van der Waals surface area contributed by atoms with Gasteiger partial charge in [0.15, 0.2) is 5.78 Å². The van der Waals surface area contributed by atoms with Gasteiger partial charge in [-0.1, -0.05) is 0 Å². The Balaban J connectivity index is 1.75. The van der Waals surface area contributed by atoms with E-state index in [-0.39, 0.29) is 23.8 Å². The maximum atomic E-state index is 13.2. The van der Waals surface area contributed by atoms with E-state index in [4.69, 9.17) is 4.74 Å². The number of fused-ring (bicyclic) bond motifs is 1. The Bertz CT molecular complexity index is 834. The molecule has 1 saturated heterocycles. The van der Waals surface area contributed by atoms with Gasteiger partial charge in [-0.15, -0.1) is 0 Å². The van der Waals surface area contributed by atoms with Gasteiger partial charge in [-0.2, -0.15) is 0 Å². The van der Waals surface area contributed by atoms with E-state index in [1.807, 2.05) is 40.7 Å². The largest absolute Gasteiger partial charge is 0.444 e. The third kappa shape index (κ3) is 3.59. The fraction of sp³-hybridized carbons (Fsp3) is 0.550. The van der Waals surface area contributed by atoms with Crippen LogP contribution in [0.2, 0.25) is 0 Å². The van der Waals surface area contributed by atoms with Gasteiger partial charge in [0, 0.05) is 41.3 Å². The molecule has 1 amide bonds. The van der Waals surface area contributed by atoms with Crippen LogP contribution in [-0.2, 0) is 4.74 Å². The van der Waals surface area contributed by atoms with Crippen molar-refractivity contribution in [3.8, 4) is 0 Å². The molecule has 0 spiro atoms. The van der Waals surface area contributed by atoms with Crippen molar-refractivity contribution < 1.29 is 14.3 Å². The second-order valence-corrected chi connectivity index (χ2v) is 8.15. The number of aromatic amines is 1. The van der Waals surface area contributed by atoms with Crippen molar-refractivity contribution in [2.45, 2.75) is 59.1 Å². The molecule has 6 heteroatoms. The zero-order valence-corrected chi connectivity index (χ0v) is 16.1. The van der Waals surface area contributed by atoms with Crippen LogP contribution in [0.25, 0.3) is 10.9 Å². The van der Waals surface area contributed by atoms with Crippen LogP contribution in [0.4, 0.5) is 4.79 Å². The molecule has 6 nitrogen and oxygen atoms in total. The summed E-state index contributed by atoms with van der Waals surface area (Å²) in [5.41, 5.74) is 2.00. The van der Waals surface area contributed by atoms with Crippen molar-refractivity contribution in [2.24, 2.45) is 5.92 Å². The Morgan fingerprint density at radius 3 is 2.73 bits per heavy atom. The molecule has 0 bridgehead atoms. The number of piperidine rings is 1. The van der Waals surface area contributed by atoms with Gasteiger partial charge in [0.1, 0.15) is 5.60 Å². The molecule has 0 unspecified atom stereocenters. The highest BCUT2D eigenvalue weighted by Gasteiger charge is 2.35. The van der Waals surface area contributed by atoms with Crippen LogP contribution >= 0.6 is 0 Å². The number of hydrogen-bond donors (Lipinski definition) is 1. The summed E-state index contributed by atoms with van der Waals surface area (Å²) in [6.45, 7) is 10.0. The maximum absolute atomic E-state index is 13.2. The van der Waals surface area contributed by atoms with Crippen LogP contribution in [0.3, 0.4) is 0 Å². The standard InChI is InChI=1S/C20H27N3O3/c1-12-10-14(7-9-23(12)19(25)26-20(3,4)5)18(24)17-13(2)22-16-11-21-8-6-15(16)17/h6,8,11-12,14,22H,7,9-10H2,1-5H3/t12-,14+/m0/s1. The fourth-order valence-corrected chi connectivity index (χ4v) is 3.70. The van der Waals surface area contributed by atoms with Crippen molar-refractivity contribution >= 4 is 22.8 Å². The first-order valence-corrected chi connectivity index (χ1v) is 9.13. The lowest BCUT2D eigenvalue weighted by Crippen LogP contribution is -2.48. The van der Waals surface area contributed by atoms with Gasteiger partial charge in [0.25, 0.3) is 0 Å². The van der Waals surface area contributed by atoms with Gasteiger partial charge in [-0.05, 0) is 53.5 Å². The third-order valence-corrected chi connectivity index (χ3v) is 4.91. The minimum Gasteiger partial charge on any atom is -0.444 e. The highest BCUT2D eigenvalue weighted by molar-refractivity contribution is 6.10. The highest BCUT2D eigenvalue weighted by Crippen LogP contribution is 2.31. The molecule has 140 valence electrons. The molecule has 0 aromatic carbocycles. The van der Waals surface area contributed by atoms with Crippen molar-refractivity contribution in [1.82, 2.24) is 14.9 Å². The van der Waals surface area contributed by atoms with Crippen LogP contribution in [0.15, 0.2) is 18.5 Å². The van der Waals surface area contributed by atoms with E-state index in [0.717, 1.165) is 22.2 Å². The molecule has 1 aliphatic rings. The predicted octanol–water partition coefficient (Wildman–Crippen LogP) is 4.09. The molecule has 1 aliphatic heterocycles. The first-order chi connectivity index (χ1) is 12.2. The summed E-state index contributed by atoms with van der Waals surface area (Å²) in [6, 6.07) is 1.85. The zero-order chi connectivity index (χ0) is 19.1. The van der Waals surface area contributed by atoms with Gasteiger partial charge in [-0.3, -0.25) is 9.78 Å². The Morgan fingerprint density at radius 2 is 2.08 bits per heavy atom. The van der Waals surface area contributed by atoms with E-state index < -0.39 is 5.60 Å². The van der Waals surface area contributed by atoms with Gasteiger partial charge < -0.3 is 14.6 Å². The lowest BCUT2D eigenvalue weighted by molar-refractivity contribution is 0.00736. The quantitative estimate of drug-likeness (QED) is 0.822. The Labute approximate surface area is 153 Å². The molecular weight excluding hydrogens is 330 g/mol. The molecule has 2 aromatic heterocycles. The number of ether oxygens (including phenoxy) is 1. The summed E-state index contributed by atoms with van der Waals surface area (Å²) in [7, 11) is 0. The fourth-order valence-electron chi connectivity index (χ4n) is 3.70. The second-order valence-electron chi connectivity index (χ2n) is 8.15. The first-order valence-electron chi connectivity index (χ1n) is 9.13. The topological polar surface area (TPSA) is 75.3 Å². The zero-order valence-electron chi connectivity index (χ0n) is 16.1. The molecular formula is C20H27N3O3. The number of hydrogen-bond acceptors (Lipinski definition) is 4. The van der Waals surface area contributed by atoms with Gasteiger partial charge >= 0.3 is 6.09 Å². The van der Waals surface area contributed by atoms with Crippen molar-refractivity contribution in [3.63, 3.8) is 0 Å². The average Bonchev–Trinajstić information content (AvgIpc) is 2.88. The number of nitrogens with one attached hydrogen (secondary N) is 1. The lowest BCUT2D eigenvalue weighted by atomic mass is 9.85. The first kappa shape index (κ1) is 18.4. The van der Waals surface area contributed by atoms with Crippen molar-refractivity contribution in [2.75, 3.05) is 6.54 Å². The normalized spacial score (nSPS) is 21.0. The number of H-pyrrole nitrogens is 1. The minimum absolute atomic E-state index is 0.0280. The van der Waals surface area contributed by atoms with Crippen LogP contribution in [0, 0.1) is 12.8 Å². The number of Topliss-reactive ketones (excluding diaryl/α,β-unsaturated/α-hetero) is 1. The van der Waals surface area contributed by atoms with Crippen LogP contribution in [-0.4, -0.2) is 44.9 Å². The number of amides is 1. The second kappa shape index (κ2) is 6.74. The number of likely N-dealkylation sites (tertiary alicyclic amines) is 1. The Morgan fingerprint density at radius 1 is 1.35 bits per heavy atom. The molecule has 0 aliphatic carbocycles. The SMILES string of the molecule is Cc1[nH]c2cnccc2c1C(=O)[C@@H]1CCN(C(=O)OC(C)(C)C)[C@@H](C)C1. The molecule has 26 heavy (non-hydrogen) atoms. The van der Waals surface area contributed by atoms with Gasteiger partial charge in [-0.25, -0.2) is 4.79 Å². The van der Waals surface area contributed by atoms with Crippen LogP contribution < -0.4 is 0 Å². The van der Waals surface area contributed by atoms with Crippen molar-refractivity contribution in [3.05, 3.63) is 29.7 Å². The molecule has 0 saturated carbocycles. The summed E-state index contributed by atoms with van der Waals surface area (Å²) in [4.78, 5) is 34.6. The van der Waals surface area contributed by atoms with Crippen LogP contribution in [0.1, 0.15) is 56.6 Å². The molecule has 3 heterocycles. The van der Waals surface area contributed by atoms with E-state index >= 15 is 0 Å². The molecule has 0 radical (unpaired) electrons. The summed E-state index contributed by atoms with van der Waals surface area (Å²) >= 11 is 0. The molecule has 2 aromatic rings. The van der Waals surface area contributed by atoms with Crippen molar-refractivity contribution in [1.29, 1.82) is 0 Å². The number of carbonyl (C=O) groups excluding carboxylic acids is 2. The van der Waals surface area contributed by atoms with E-state index in [2.05, 4.69) is 9.97 Å². The van der Waals surface area contributed by atoms with Gasteiger partial charge in [0.2, 0.25) is 0 Å². The number of nitrogens with zero attached hydrogens (tertiary/aromatic N) is 2. The number of aryl methyl sites for hydroxylation is 1. The Kier molecular flexibility index (Phi) is 4.78. The third-order valence-electron chi connectivity index (χ3n) is 4.91.